The second-order valence-electron chi connectivity index (χ2n) is 5.83. The molecule has 2 N–H and O–H groups in total. The van der Waals surface area contributed by atoms with Crippen molar-refractivity contribution < 1.29 is 13.5 Å². The van der Waals surface area contributed by atoms with Crippen molar-refractivity contribution in [2.75, 3.05) is 6.54 Å². The van der Waals surface area contributed by atoms with Crippen molar-refractivity contribution in [1.29, 1.82) is 0 Å². The first-order valence-electron chi connectivity index (χ1n) is 6.52. The van der Waals surface area contributed by atoms with Crippen LogP contribution in [-0.4, -0.2) is 25.7 Å². The molecule has 0 saturated carbocycles. The van der Waals surface area contributed by atoms with Gasteiger partial charge >= 0.3 is 0 Å². The zero-order valence-electron chi connectivity index (χ0n) is 12.3. The minimum atomic E-state index is -3.62. The van der Waals surface area contributed by atoms with E-state index in [1.165, 1.54) is 0 Å². The van der Waals surface area contributed by atoms with Gasteiger partial charge < -0.3 is 5.11 Å². The van der Waals surface area contributed by atoms with Crippen LogP contribution in [0.1, 0.15) is 32.8 Å². The SMILES string of the molecule is Cc1ccc(Br)cc1S(=O)(=O)NCC(C)(O)CC(C)C. The van der Waals surface area contributed by atoms with Crippen LogP contribution in [0.5, 0.6) is 0 Å². The summed E-state index contributed by atoms with van der Waals surface area (Å²) in [4.78, 5) is 0.229. The topological polar surface area (TPSA) is 66.4 Å². The third kappa shape index (κ3) is 5.16. The summed E-state index contributed by atoms with van der Waals surface area (Å²) in [6.07, 6.45) is 0.535. The molecule has 0 spiro atoms. The van der Waals surface area contributed by atoms with Gasteiger partial charge in [-0.05, 0) is 43.9 Å². The molecule has 6 heteroatoms. The van der Waals surface area contributed by atoms with Gasteiger partial charge in [0.15, 0.2) is 0 Å². The smallest absolute Gasteiger partial charge is 0.240 e. The molecule has 1 aromatic rings. The Morgan fingerprint density at radius 3 is 2.55 bits per heavy atom. The number of halogens is 1. The molecule has 0 aliphatic rings. The normalized spacial score (nSPS) is 15.3. The molecule has 1 atom stereocenters. The van der Waals surface area contributed by atoms with Crippen LogP contribution in [-0.2, 0) is 10.0 Å². The highest BCUT2D eigenvalue weighted by atomic mass is 79.9. The van der Waals surface area contributed by atoms with Gasteiger partial charge in [-0.3, -0.25) is 0 Å². The van der Waals surface area contributed by atoms with Crippen LogP contribution in [0.4, 0.5) is 0 Å². The highest BCUT2D eigenvalue weighted by Gasteiger charge is 2.26. The molecule has 1 rings (SSSR count). The van der Waals surface area contributed by atoms with E-state index < -0.39 is 15.6 Å². The number of sulfonamides is 1. The van der Waals surface area contributed by atoms with Crippen molar-refractivity contribution in [2.24, 2.45) is 5.92 Å². The molecule has 4 nitrogen and oxygen atoms in total. The molecule has 0 radical (unpaired) electrons. The molecule has 114 valence electrons. The number of rotatable bonds is 6. The second kappa shape index (κ2) is 6.56. The Balaban J connectivity index is 2.88. The number of benzene rings is 1. The van der Waals surface area contributed by atoms with E-state index in [2.05, 4.69) is 20.7 Å². The number of aryl methyl sites for hydroxylation is 1. The maximum absolute atomic E-state index is 12.3. The maximum Gasteiger partial charge on any atom is 0.240 e. The van der Waals surface area contributed by atoms with Crippen LogP contribution in [0, 0.1) is 12.8 Å². The molecule has 0 bridgehead atoms. The van der Waals surface area contributed by atoms with Gasteiger partial charge in [-0.2, -0.15) is 0 Å². The molecule has 1 unspecified atom stereocenters. The summed E-state index contributed by atoms with van der Waals surface area (Å²) in [6, 6.07) is 5.10. The summed E-state index contributed by atoms with van der Waals surface area (Å²) in [5.74, 6) is 0.294. The Morgan fingerprint density at radius 2 is 2.00 bits per heavy atom. The highest BCUT2D eigenvalue weighted by molar-refractivity contribution is 9.10. The van der Waals surface area contributed by atoms with E-state index in [9.17, 15) is 13.5 Å². The predicted molar refractivity (Wildman–Crippen MR) is 84.1 cm³/mol. The molecule has 0 aliphatic heterocycles. The maximum atomic E-state index is 12.3. The van der Waals surface area contributed by atoms with Crippen LogP contribution >= 0.6 is 15.9 Å². The molecule has 0 aliphatic carbocycles. The average molecular weight is 364 g/mol. The van der Waals surface area contributed by atoms with E-state index in [0.29, 0.717) is 22.4 Å². The molecule has 20 heavy (non-hydrogen) atoms. The van der Waals surface area contributed by atoms with Gasteiger partial charge in [-0.15, -0.1) is 0 Å². The molecule has 0 fully saturated rings. The Labute approximate surface area is 129 Å². The van der Waals surface area contributed by atoms with E-state index in [0.717, 1.165) is 0 Å². The molecule has 1 aromatic carbocycles. The Morgan fingerprint density at radius 1 is 1.40 bits per heavy atom. The van der Waals surface area contributed by atoms with Gasteiger partial charge in [0.25, 0.3) is 0 Å². The van der Waals surface area contributed by atoms with Crippen molar-refractivity contribution in [2.45, 2.75) is 44.6 Å². The third-order valence-electron chi connectivity index (χ3n) is 2.93. The first kappa shape index (κ1) is 17.6. The van der Waals surface area contributed by atoms with Gasteiger partial charge in [0, 0.05) is 11.0 Å². The fourth-order valence-electron chi connectivity index (χ4n) is 2.14. The van der Waals surface area contributed by atoms with Crippen LogP contribution in [0.25, 0.3) is 0 Å². The predicted octanol–water partition coefficient (Wildman–Crippen LogP) is 2.83. The molecule has 0 heterocycles. The molecular formula is C14H22BrNO3S. The lowest BCUT2D eigenvalue weighted by Crippen LogP contribution is -2.41. The molecule has 0 aromatic heterocycles. The Bertz CT molecular complexity index is 568. The average Bonchev–Trinajstić information content (AvgIpc) is 2.28. The minimum absolute atomic E-state index is 0.000529. The first-order chi connectivity index (χ1) is 9.03. The van der Waals surface area contributed by atoms with E-state index in [-0.39, 0.29) is 11.4 Å². The quantitative estimate of drug-likeness (QED) is 0.816. The van der Waals surface area contributed by atoms with Crippen molar-refractivity contribution in [3.8, 4) is 0 Å². The first-order valence-corrected chi connectivity index (χ1v) is 8.79. The summed E-state index contributed by atoms with van der Waals surface area (Å²) < 4.78 is 27.8. The van der Waals surface area contributed by atoms with Gasteiger partial charge in [0.2, 0.25) is 10.0 Å². The van der Waals surface area contributed by atoms with E-state index >= 15 is 0 Å². The van der Waals surface area contributed by atoms with Gasteiger partial charge in [-0.1, -0.05) is 35.8 Å². The Kier molecular flexibility index (Phi) is 5.78. The fourth-order valence-corrected chi connectivity index (χ4v) is 4.09. The van der Waals surface area contributed by atoms with Crippen LogP contribution in [0.15, 0.2) is 27.6 Å². The summed E-state index contributed by atoms with van der Waals surface area (Å²) in [6.45, 7) is 7.36. The van der Waals surface area contributed by atoms with Crippen LogP contribution in [0.3, 0.4) is 0 Å². The second-order valence-corrected chi connectivity index (χ2v) is 8.48. The third-order valence-corrected chi connectivity index (χ3v) is 4.97. The van der Waals surface area contributed by atoms with E-state index in [1.807, 2.05) is 13.8 Å². The number of hydrogen-bond acceptors (Lipinski definition) is 3. The monoisotopic (exact) mass is 363 g/mol. The van der Waals surface area contributed by atoms with Gasteiger partial charge in [-0.25, -0.2) is 13.1 Å². The van der Waals surface area contributed by atoms with Crippen LogP contribution in [0.2, 0.25) is 0 Å². The van der Waals surface area contributed by atoms with Crippen molar-refractivity contribution in [3.05, 3.63) is 28.2 Å². The van der Waals surface area contributed by atoms with Crippen LogP contribution < -0.4 is 4.72 Å². The lowest BCUT2D eigenvalue weighted by atomic mass is 9.95. The summed E-state index contributed by atoms with van der Waals surface area (Å²) in [5.41, 5.74) is -0.384. The Hall–Kier alpha value is -0.430. The lowest BCUT2D eigenvalue weighted by molar-refractivity contribution is 0.0436. The zero-order valence-corrected chi connectivity index (χ0v) is 14.7. The highest BCUT2D eigenvalue weighted by Crippen LogP contribution is 2.21. The standard InChI is InChI=1S/C14H22BrNO3S/c1-10(2)8-14(4,17)9-16-20(18,19)13-7-12(15)6-5-11(13)3/h5-7,10,16-17H,8-9H2,1-4H3. The number of hydrogen-bond donors (Lipinski definition) is 2. The van der Waals surface area contributed by atoms with Crippen molar-refractivity contribution >= 4 is 26.0 Å². The van der Waals surface area contributed by atoms with E-state index in [1.54, 1.807) is 32.0 Å². The summed E-state index contributed by atoms with van der Waals surface area (Å²) in [5, 5.41) is 10.2. The summed E-state index contributed by atoms with van der Waals surface area (Å²) >= 11 is 3.27. The number of aliphatic hydroxyl groups is 1. The number of nitrogens with one attached hydrogen (secondary N) is 1. The minimum Gasteiger partial charge on any atom is -0.389 e. The molecule has 0 saturated heterocycles. The largest absolute Gasteiger partial charge is 0.389 e. The van der Waals surface area contributed by atoms with Gasteiger partial charge in [0.1, 0.15) is 0 Å². The zero-order chi connectivity index (χ0) is 15.6. The summed E-state index contributed by atoms with van der Waals surface area (Å²) in [7, 11) is -3.62. The van der Waals surface area contributed by atoms with Crippen molar-refractivity contribution in [1.82, 2.24) is 4.72 Å². The lowest BCUT2D eigenvalue weighted by Gasteiger charge is -2.25. The van der Waals surface area contributed by atoms with E-state index in [4.69, 9.17) is 0 Å². The molecular weight excluding hydrogens is 342 g/mol. The van der Waals surface area contributed by atoms with Crippen molar-refractivity contribution in [3.63, 3.8) is 0 Å². The molecule has 0 amide bonds. The van der Waals surface area contributed by atoms with Gasteiger partial charge in [0.05, 0.1) is 10.5 Å². The fraction of sp³-hybridized carbons (Fsp3) is 0.571.